The number of nitrogens with two attached hydrogens (primary N) is 1. The second-order valence-corrected chi connectivity index (χ2v) is 6.95. The lowest BCUT2D eigenvalue weighted by Gasteiger charge is -2.14. The SMILES string of the molecule is NC[C@H](NC(=O)c1ccc(-c2cc(F)c(Cl)c(F)c2)[nH]1)c1csc(CO)n1. The molecule has 0 saturated heterocycles. The van der Waals surface area contributed by atoms with Crippen LogP contribution >= 0.6 is 22.9 Å². The zero-order chi connectivity index (χ0) is 19.6. The molecule has 27 heavy (non-hydrogen) atoms. The number of carbonyl (C=O) groups excluding carboxylic acids is 1. The molecule has 5 N–H and O–H groups in total. The van der Waals surface area contributed by atoms with Crippen molar-refractivity contribution in [2.75, 3.05) is 6.54 Å². The van der Waals surface area contributed by atoms with E-state index in [0.717, 1.165) is 12.1 Å². The Morgan fingerprint density at radius 1 is 1.37 bits per heavy atom. The number of nitrogens with one attached hydrogen (secondary N) is 2. The Hall–Kier alpha value is -2.33. The van der Waals surface area contributed by atoms with Crippen LogP contribution < -0.4 is 11.1 Å². The highest BCUT2D eigenvalue weighted by molar-refractivity contribution is 7.09. The topological polar surface area (TPSA) is 104 Å². The number of thiazole rings is 1. The van der Waals surface area contributed by atoms with E-state index in [1.54, 1.807) is 5.38 Å². The van der Waals surface area contributed by atoms with Gasteiger partial charge < -0.3 is 21.1 Å². The molecule has 0 fully saturated rings. The van der Waals surface area contributed by atoms with E-state index in [4.69, 9.17) is 22.4 Å². The van der Waals surface area contributed by atoms with Gasteiger partial charge in [0.25, 0.3) is 5.91 Å². The van der Waals surface area contributed by atoms with Crippen molar-refractivity contribution < 1.29 is 18.7 Å². The van der Waals surface area contributed by atoms with Crippen molar-refractivity contribution in [2.45, 2.75) is 12.6 Å². The normalized spacial score (nSPS) is 12.2. The number of benzene rings is 1. The van der Waals surface area contributed by atoms with Crippen molar-refractivity contribution in [1.82, 2.24) is 15.3 Å². The molecule has 2 aromatic heterocycles. The Morgan fingerprint density at radius 3 is 2.67 bits per heavy atom. The van der Waals surface area contributed by atoms with Gasteiger partial charge in [0.1, 0.15) is 27.4 Å². The van der Waals surface area contributed by atoms with Gasteiger partial charge in [-0.1, -0.05) is 11.6 Å². The Kier molecular flexibility index (Phi) is 5.85. The van der Waals surface area contributed by atoms with Crippen molar-refractivity contribution in [2.24, 2.45) is 5.73 Å². The fourth-order valence-electron chi connectivity index (χ4n) is 2.45. The number of halogens is 3. The number of carbonyl (C=O) groups is 1. The summed E-state index contributed by atoms with van der Waals surface area (Å²) in [6, 6.07) is 4.64. The number of nitrogens with zero attached hydrogens (tertiary/aromatic N) is 1. The predicted octanol–water partition coefficient (Wildman–Crippen LogP) is 2.99. The summed E-state index contributed by atoms with van der Waals surface area (Å²) in [5.41, 5.74) is 7.02. The Bertz CT molecular complexity index is 953. The second kappa shape index (κ2) is 8.13. The zero-order valence-electron chi connectivity index (χ0n) is 13.8. The lowest BCUT2D eigenvalue weighted by Crippen LogP contribution is -2.33. The molecule has 1 amide bonds. The van der Waals surface area contributed by atoms with E-state index in [0.29, 0.717) is 16.4 Å². The van der Waals surface area contributed by atoms with Crippen LogP contribution in [0.3, 0.4) is 0 Å². The van der Waals surface area contributed by atoms with Crippen LogP contribution in [0.5, 0.6) is 0 Å². The number of hydrogen-bond acceptors (Lipinski definition) is 5. The van der Waals surface area contributed by atoms with Gasteiger partial charge in [-0.3, -0.25) is 4.79 Å². The molecule has 0 spiro atoms. The average Bonchev–Trinajstić information content (AvgIpc) is 3.33. The molecule has 3 aromatic rings. The standard InChI is InChI=1S/C17H15ClF2N4O2S/c18-16-9(19)3-8(4-10(16)20)11-1-2-12(22-11)17(26)24-13(5-21)14-7-27-15(6-25)23-14/h1-4,7,13,22,25H,5-6,21H2,(H,24,26)/t13-/m0/s1. The average molecular weight is 413 g/mol. The third-order valence-corrected chi connectivity index (χ3v) is 5.04. The first-order chi connectivity index (χ1) is 12.9. The van der Waals surface area contributed by atoms with Gasteiger partial charge >= 0.3 is 0 Å². The highest BCUT2D eigenvalue weighted by Gasteiger charge is 2.19. The second-order valence-electron chi connectivity index (χ2n) is 5.63. The molecule has 2 heterocycles. The van der Waals surface area contributed by atoms with E-state index in [1.165, 1.54) is 23.5 Å². The number of aliphatic hydroxyl groups excluding tert-OH is 1. The highest BCUT2D eigenvalue weighted by atomic mass is 35.5. The van der Waals surface area contributed by atoms with Gasteiger partial charge in [0.05, 0.1) is 18.3 Å². The summed E-state index contributed by atoms with van der Waals surface area (Å²) >= 11 is 6.74. The van der Waals surface area contributed by atoms with Crippen LogP contribution in [0.15, 0.2) is 29.6 Å². The number of aliphatic hydroxyl groups is 1. The summed E-state index contributed by atoms with van der Waals surface area (Å²) in [5, 5.41) is 13.5. The molecule has 1 aromatic carbocycles. The summed E-state index contributed by atoms with van der Waals surface area (Å²) in [6.45, 7) is -0.0778. The third kappa shape index (κ3) is 4.16. The molecule has 0 radical (unpaired) electrons. The molecule has 1 atom stereocenters. The molecule has 0 aliphatic rings. The maximum atomic E-state index is 13.6. The molecule has 0 saturated carbocycles. The van der Waals surface area contributed by atoms with Gasteiger partial charge in [0.2, 0.25) is 0 Å². The van der Waals surface area contributed by atoms with Crippen molar-refractivity contribution in [3.63, 3.8) is 0 Å². The van der Waals surface area contributed by atoms with Crippen LogP contribution in [0.1, 0.15) is 27.2 Å². The number of aromatic nitrogens is 2. The van der Waals surface area contributed by atoms with Gasteiger partial charge in [-0.15, -0.1) is 11.3 Å². The number of rotatable bonds is 6. The van der Waals surface area contributed by atoms with E-state index in [1.807, 2.05) is 0 Å². The predicted molar refractivity (Wildman–Crippen MR) is 98.5 cm³/mol. The van der Waals surface area contributed by atoms with Crippen LogP contribution in [-0.4, -0.2) is 27.5 Å². The minimum Gasteiger partial charge on any atom is -0.389 e. The van der Waals surface area contributed by atoms with E-state index in [-0.39, 0.29) is 24.4 Å². The van der Waals surface area contributed by atoms with Gasteiger partial charge in [-0.25, -0.2) is 13.8 Å². The first-order valence-electron chi connectivity index (χ1n) is 7.83. The molecular weight excluding hydrogens is 398 g/mol. The molecule has 6 nitrogen and oxygen atoms in total. The zero-order valence-corrected chi connectivity index (χ0v) is 15.4. The summed E-state index contributed by atoms with van der Waals surface area (Å²) < 4.78 is 27.3. The summed E-state index contributed by atoms with van der Waals surface area (Å²) in [5.74, 6) is -2.23. The summed E-state index contributed by atoms with van der Waals surface area (Å²) in [6.07, 6.45) is 0. The smallest absolute Gasteiger partial charge is 0.268 e. The van der Waals surface area contributed by atoms with Crippen LogP contribution in [0, 0.1) is 11.6 Å². The van der Waals surface area contributed by atoms with Gasteiger partial charge in [0.15, 0.2) is 0 Å². The number of aromatic amines is 1. The number of H-pyrrole nitrogens is 1. The first kappa shape index (κ1) is 19.4. The minimum absolute atomic E-state index is 0.113. The maximum Gasteiger partial charge on any atom is 0.268 e. The third-order valence-electron chi connectivity index (χ3n) is 3.83. The number of hydrogen-bond donors (Lipinski definition) is 4. The lowest BCUT2D eigenvalue weighted by molar-refractivity contribution is 0.0932. The van der Waals surface area contributed by atoms with Gasteiger partial charge in [0, 0.05) is 23.2 Å². The quantitative estimate of drug-likeness (QED) is 0.467. The van der Waals surface area contributed by atoms with Crippen LogP contribution in [0.2, 0.25) is 5.02 Å². The molecular formula is C17H15ClF2N4O2S. The van der Waals surface area contributed by atoms with Crippen molar-refractivity contribution >= 4 is 28.8 Å². The molecule has 10 heteroatoms. The van der Waals surface area contributed by atoms with Crippen LogP contribution in [-0.2, 0) is 6.61 Å². The monoisotopic (exact) mass is 412 g/mol. The Balaban J connectivity index is 1.78. The summed E-state index contributed by atoms with van der Waals surface area (Å²) in [7, 11) is 0. The maximum absolute atomic E-state index is 13.6. The van der Waals surface area contributed by atoms with Gasteiger partial charge in [-0.05, 0) is 24.3 Å². The molecule has 0 bridgehead atoms. The van der Waals surface area contributed by atoms with E-state index in [9.17, 15) is 13.6 Å². The lowest BCUT2D eigenvalue weighted by atomic mass is 10.1. The minimum atomic E-state index is -0.890. The van der Waals surface area contributed by atoms with E-state index < -0.39 is 28.6 Å². The molecule has 0 unspecified atom stereocenters. The Labute approximate surface area is 162 Å². The van der Waals surface area contributed by atoms with E-state index in [2.05, 4.69) is 15.3 Å². The molecule has 3 rings (SSSR count). The first-order valence-corrected chi connectivity index (χ1v) is 9.08. The molecule has 0 aliphatic heterocycles. The fraction of sp³-hybridized carbons (Fsp3) is 0.176. The number of amides is 1. The molecule has 142 valence electrons. The molecule has 0 aliphatic carbocycles. The van der Waals surface area contributed by atoms with Crippen LogP contribution in [0.25, 0.3) is 11.3 Å². The highest BCUT2D eigenvalue weighted by Crippen LogP contribution is 2.27. The van der Waals surface area contributed by atoms with E-state index >= 15 is 0 Å². The van der Waals surface area contributed by atoms with Crippen LogP contribution in [0.4, 0.5) is 8.78 Å². The van der Waals surface area contributed by atoms with Crippen molar-refractivity contribution in [3.05, 3.63) is 62.7 Å². The summed E-state index contributed by atoms with van der Waals surface area (Å²) in [4.78, 5) is 19.5. The van der Waals surface area contributed by atoms with Crippen molar-refractivity contribution in [3.8, 4) is 11.3 Å². The van der Waals surface area contributed by atoms with Crippen molar-refractivity contribution in [1.29, 1.82) is 0 Å². The fourth-order valence-corrected chi connectivity index (χ4v) is 3.27. The Morgan fingerprint density at radius 2 is 2.07 bits per heavy atom. The van der Waals surface area contributed by atoms with Gasteiger partial charge in [-0.2, -0.15) is 0 Å². The largest absolute Gasteiger partial charge is 0.389 e.